The lowest BCUT2D eigenvalue weighted by atomic mass is 10.1. The van der Waals surface area contributed by atoms with Gasteiger partial charge in [-0.05, 0) is 30.3 Å². The Morgan fingerprint density at radius 2 is 1.76 bits per heavy atom. The van der Waals surface area contributed by atoms with Crippen LogP contribution in [0.1, 0.15) is 11.6 Å². The van der Waals surface area contributed by atoms with Gasteiger partial charge in [0.25, 0.3) is 15.9 Å². The molecule has 7 nitrogen and oxygen atoms in total. The van der Waals surface area contributed by atoms with Gasteiger partial charge in [-0.15, -0.1) is 0 Å². The van der Waals surface area contributed by atoms with Gasteiger partial charge in [0.15, 0.2) is 0 Å². The predicted molar refractivity (Wildman–Crippen MR) is 106 cm³/mol. The summed E-state index contributed by atoms with van der Waals surface area (Å²) >= 11 is 0. The summed E-state index contributed by atoms with van der Waals surface area (Å²) in [5.74, 6) is -1.43. The van der Waals surface area contributed by atoms with E-state index in [2.05, 4.69) is 15.0 Å². The van der Waals surface area contributed by atoms with E-state index in [-0.39, 0.29) is 23.0 Å². The molecule has 9 heteroatoms. The van der Waals surface area contributed by atoms with Crippen molar-refractivity contribution in [1.82, 2.24) is 14.6 Å². The maximum Gasteiger partial charge on any atom is 0.287 e. The average molecular weight is 412 g/mol. The Kier molecular flexibility index (Phi) is 4.89. The van der Waals surface area contributed by atoms with E-state index in [1.54, 1.807) is 59.4 Å². The number of para-hydroxylation sites is 1. The fraction of sp³-hybridized carbons (Fsp3) is 0.100. The first-order chi connectivity index (χ1) is 14.0. The minimum absolute atomic E-state index is 0.00752. The summed E-state index contributed by atoms with van der Waals surface area (Å²) in [4.78, 5) is 16.7. The third-order valence-corrected chi connectivity index (χ3v) is 5.93. The van der Waals surface area contributed by atoms with E-state index < -0.39 is 27.8 Å². The quantitative estimate of drug-likeness (QED) is 0.674. The van der Waals surface area contributed by atoms with E-state index in [9.17, 15) is 17.6 Å². The van der Waals surface area contributed by atoms with Crippen molar-refractivity contribution in [3.8, 4) is 0 Å². The highest BCUT2D eigenvalue weighted by atomic mass is 32.2. The molecule has 0 aliphatic carbocycles. The number of nitrogens with zero attached hydrogens (tertiary/aromatic N) is 2. The Hall–Kier alpha value is -3.46. The van der Waals surface area contributed by atoms with Gasteiger partial charge in [0.1, 0.15) is 10.7 Å². The SMILES string of the molecule is O=C(NCC(c1ccccc1F)n1cccc1)C1=Nc2ccccc2S(=O)(=O)N1. The summed E-state index contributed by atoms with van der Waals surface area (Å²) in [5.41, 5.74) is 0.591. The van der Waals surface area contributed by atoms with E-state index >= 15 is 0 Å². The zero-order valence-corrected chi connectivity index (χ0v) is 15.9. The number of carbonyl (C=O) groups is 1. The third kappa shape index (κ3) is 3.77. The molecule has 2 aromatic carbocycles. The van der Waals surface area contributed by atoms with E-state index in [0.717, 1.165) is 0 Å². The highest BCUT2D eigenvalue weighted by molar-refractivity contribution is 7.90. The van der Waals surface area contributed by atoms with Crippen molar-refractivity contribution in [1.29, 1.82) is 0 Å². The summed E-state index contributed by atoms with van der Waals surface area (Å²) < 4.78 is 43.0. The van der Waals surface area contributed by atoms with Crippen LogP contribution in [0.5, 0.6) is 0 Å². The topological polar surface area (TPSA) is 92.6 Å². The number of carbonyl (C=O) groups excluding carboxylic acids is 1. The molecule has 1 aliphatic heterocycles. The Morgan fingerprint density at radius 3 is 2.52 bits per heavy atom. The monoisotopic (exact) mass is 412 g/mol. The molecule has 148 valence electrons. The van der Waals surface area contributed by atoms with Crippen LogP contribution >= 0.6 is 0 Å². The number of fused-ring (bicyclic) bond motifs is 1. The average Bonchev–Trinajstić information content (AvgIpc) is 3.23. The van der Waals surface area contributed by atoms with Gasteiger partial charge in [0, 0.05) is 24.5 Å². The zero-order chi connectivity index (χ0) is 20.4. The van der Waals surface area contributed by atoms with Crippen LogP contribution in [0.15, 0.2) is 82.9 Å². The zero-order valence-electron chi connectivity index (χ0n) is 15.1. The molecule has 0 spiro atoms. The molecule has 1 amide bonds. The van der Waals surface area contributed by atoms with E-state index in [4.69, 9.17) is 0 Å². The van der Waals surface area contributed by atoms with Crippen molar-refractivity contribution in [2.24, 2.45) is 4.99 Å². The van der Waals surface area contributed by atoms with Gasteiger partial charge in [0.05, 0.1) is 11.7 Å². The van der Waals surface area contributed by atoms with Gasteiger partial charge in [-0.1, -0.05) is 30.3 Å². The van der Waals surface area contributed by atoms with Crippen LogP contribution in [0, 0.1) is 5.82 Å². The summed E-state index contributed by atoms with van der Waals surface area (Å²) in [5, 5.41) is 2.65. The molecule has 3 aromatic rings. The van der Waals surface area contributed by atoms with Gasteiger partial charge in [-0.2, -0.15) is 0 Å². The number of benzene rings is 2. The molecule has 1 aromatic heterocycles. The maximum absolute atomic E-state index is 14.3. The number of amidine groups is 1. The van der Waals surface area contributed by atoms with Crippen molar-refractivity contribution in [2.45, 2.75) is 10.9 Å². The van der Waals surface area contributed by atoms with Crippen molar-refractivity contribution in [3.63, 3.8) is 0 Å². The molecule has 0 fully saturated rings. The van der Waals surface area contributed by atoms with Crippen LogP contribution in [-0.4, -0.2) is 31.3 Å². The molecule has 1 aliphatic rings. The largest absolute Gasteiger partial charge is 0.347 e. The fourth-order valence-corrected chi connectivity index (χ4v) is 4.30. The van der Waals surface area contributed by atoms with Crippen LogP contribution in [0.3, 0.4) is 0 Å². The lowest BCUT2D eigenvalue weighted by molar-refractivity contribution is -0.115. The highest BCUT2D eigenvalue weighted by Crippen LogP contribution is 2.27. The Bertz CT molecular complexity index is 1190. The van der Waals surface area contributed by atoms with Gasteiger partial charge < -0.3 is 9.88 Å². The van der Waals surface area contributed by atoms with E-state index in [0.29, 0.717) is 5.56 Å². The molecule has 4 rings (SSSR count). The Balaban J connectivity index is 1.58. The van der Waals surface area contributed by atoms with Crippen LogP contribution < -0.4 is 10.0 Å². The summed E-state index contributed by atoms with van der Waals surface area (Å²) in [6.45, 7) is 0.0385. The lowest BCUT2D eigenvalue weighted by Crippen LogP contribution is -2.45. The summed E-state index contributed by atoms with van der Waals surface area (Å²) in [6.07, 6.45) is 3.53. The number of halogens is 1. The minimum atomic E-state index is -3.88. The van der Waals surface area contributed by atoms with E-state index in [1.807, 2.05) is 0 Å². The molecule has 0 bridgehead atoms. The third-order valence-electron chi connectivity index (χ3n) is 4.54. The minimum Gasteiger partial charge on any atom is -0.347 e. The summed E-state index contributed by atoms with van der Waals surface area (Å²) in [6, 6.07) is 15.5. The first-order valence-corrected chi connectivity index (χ1v) is 10.3. The number of aliphatic imine (C=N–C) groups is 1. The van der Waals surface area contributed by atoms with Gasteiger partial charge >= 0.3 is 0 Å². The van der Waals surface area contributed by atoms with Gasteiger partial charge in [0.2, 0.25) is 5.84 Å². The van der Waals surface area contributed by atoms with Gasteiger partial charge in [-0.25, -0.2) is 17.8 Å². The second kappa shape index (κ2) is 7.51. The molecule has 0 saturated carbocycles. The number of aromatic nitrogens is 1. The standard InChI is InChI=1S/C20H17FN4O3S/c21-15-8-2-1-7-14(15)17(25-11-5-6-12-25)13-22-20(26)19-23-16-9-3-4-10-18(16)29(27,28)24-19/h1-12,17H,13H2,(H,22,26)(H,23,24). The van der Waals surface area contributed by atoms with Crippen molar-refractivity contribution >= 4 is 27.5 Å². The summed E-state index contributed by atoms with van der Waals surface area (Å²) in [7, 11) is -3.88. The molecule has 1 unspecified atom stereocenters. The number of sulfonamides is 1. The second-order valence-corrected chi connectivity index (χ2v) is 8.06. The maximum atomic E-state index is 14.3. The Morgan fingerprint density at radius 1 is 1.07 bits per heavy atom. The number of hydrogen-bond donors (Lipinski definition) is 2. The fourth-order valence-electron chi connectivity index (χ4n) is 3.15. The number of amides is 1. The molecule has 2 heterocycles. The van der Waals surface area contributed by atoms with Crippen molar-refractivity contribution < 1.29 is 17.6 Å². The Labute approximate surface area is 167 Å². The first-order valence-electron chi connectivity index (χ1n) is 8.81. The molecule has 0 radical (unpaired) electrons. The van der Waals surface area contributed by atoms with E-state index in [1.165, 1.54) is 18.2 Å². The first kappa shape index (κ1) is 18.9. The van der Waals surface area contributed by atoms with Crippen molar-refractivity contribution in [3.05, 3.63) is 84.4 Å². The number of nitrogens with one attached hydrogen (secondary N) is 2. The van der Waals surface area contributed by atoms with Crippen LogP contribution in [0.2, 0.25) is 0 Å². The molecular weight excluding hydrogens is 395 g/mol. The molecular formula is C20H17FN4O3S. The predicted octanol–water partition coefficient (Wildman–Crippen LogP) is 2.35. The molecule has 2 N–H and O–H groups in total. The molecule has 0 saturated heterocycles. The second-order valence-electron chi connectivity index (χ2n) is 6.41. The highest BCUT2D eigenvalue weighted by Gasteiger charge is 2.29. The lowest BCUT2D eigenvalue weighted by Gasteiger charge is -2.22. The van der Waals surface area contributed by atoms with Gasteiger partial charge in [-0.3, -0.25) is 9.52 Å². The van der Waals surface area contributed by atoms with Crippen LogP contribution in [0.25, 0.3) is 0 Å². The number of hydrogen-bond acceptors (Lipinski definition) is 4. The van der Waals surface area contributed by atoms with Crippen LogP contribution in [-0.2, 0) is 14.8 Å². The molecule has 1 atom stereocenters. The van der Waals surface area contributed by atoms with Crippen LogP contribution in [0.4, 0.5) is 10.1 Å². The molecule has 29 heavy (non-hydrogen) atoms. The smallest absolute Gasteiger partial charge is 0.287 e. The normalized spacial score (nSPS) is 15.6. The van der Waals surface area contributed by atoms with Crippen molar-refractivity contribution in [2.75, 3.05) is 6.54 Å². The number of rotatable bonds is 5.